The fraction of sp³-hybridized carbons (Fsp3) is 0.0833. The maximum absolute atomic E-state index is 4.04. The molecule has 0 spiro atoms. The van der Waals surface area contributed by atoms with Crippen LogP contribution in [0.2, 0.25) is 0 Å². The number of rotatable bonds is 4. The van der Waals surface area contributed by atoms with Crippen LogP contribution >= 0.6 is 11.5 Å². The molecule has 0 aliphatic heterocycles. The summed E-state index contributed by atoms with van der Waals surface area (Å²) in [5, 5.41) is 9.25. The lowest BCUT2D eigenvalue weighted by Gasteiger charge is -2.07. The predicted octanol–water partition coefficient (Wildman–Crippen LogP) is 2.34. The first kappa shape index (κ1) is 10.9. The minimum atomic E-state index is 0.684. The fourth-order valence-corrected chi connectivity index (χ4v) is 2.09. The second kappa shape index (κ2) is 4.97. The fourth-order valence-electron chi connectivity index (χ4n) is 1.64. The van der Waals surface area contributed by atoms with Crippen LogP contribution in [0.5, 0.6) is 0 Å². The first-order valence-corrected chi connectivity index (χ1v) is 6.34. The number of nitrogens with zero attached hydrogens (tertiary/aromatic N) is 4. The highest BCUT2D eigenvalue weighted by Gasteiger charge is 1.99. The summed E-state index contributed by atoms with van der Waals surface area (Å²) < 4.78 is 5.80. The second-order valence-electron chi connectivity index (χ2n) is 3.77. The zero-order chi connectivity index (χ0) is 12.2. The van der Waals surface area contributed by atoms with Crippen molar-refractivity contribution in [2.75, 3.05) is 5.32 Å². The second-order valence-corrected chi connectivity index (χ2v) is 4.38. The lowest BCUT2D eigenvalue weighted by Crippen LogP contribution is -2.00. The molecule has 0 atom stereocenters. The first-order chi connectivity index (χ1) is 8.92. The Kier molecular flexibility index (Phi) is 3.01. The molecule has 2 aromatic heterocycles. The summed E-state index contributed by atoms with van der Waals surface area (Å²) in [4.78, 5) is 4.04. The molecule has 3 rings (SSSR count). The first-order valence-electron chi connectivity index (χ1n) is 5.50. The maximum atomic E-state index is 4.04. The van der Waals surface area contributed by atoms with Crippen LogP contribution in [0.1, 0.15) is 5.69 Å². The average Bonchev–Trinajstić information content (AvgIpc) is 3.10. The summed E-state index contributed by atoms with van der Waals surface area (Å²) in [5.41, 5.74) is 3.08. The normalized spacial score (nSPS) is 10.4. The third-order valence-corrected chi connectivity index (χ3v) is 3.08. The molecular weight excluding hydrogens is 246 g/mol. The molecule has 18 heavy (non-hydrogen) atoms. The van der Waals surface area contributed by atoms with E-state index in [1.54, 1.807) is 12.5 Å². The van der Waals surface area contributed by atoms with Gasteiger partial charge in [0.1, 0.15) is 0 Å². The Hall–Kier alpha value is -2.21. The molecule has 0 amide bonds. The monoisotopic (exact) mass is 257 g/mol. The highest BCUT2D eigenvalue weighted by atomic mass is 32.1. The van der Waals surface area contributed by atoms with Gasteiger partial charge in [0.25, 0.3) is 0 Å². The van der Waals surface area contributed by atoms with Crippen molar-refractivity contribution < 1.29 is 0 Å². The summed E-state index contributed by atoms with van der Waals surface area (Å²) in [7, 11) is 0. The molecule has 0 bridgehead atoms. The van der Waals surface area contributed by atoms with Crippen molar-refractivity contribution in [2.45, 2.75) is 6.54 Å². The van der Waals surface area contributed by atoms with E-state index in [0.717, 1.165) is 17.1 Å². The summed E-state index contributed by atoms with van der Waals surface area (Å²) >= 11 is 1.36. The maximum Gasteiger partial charge on any atom is 0.0991 e. The van der Waals surface area contributed by atoms with Gasteiger partial charge in [-0.1, -0.05) is 10.6 Å². The van der Waals surface area contributed by atoms with E-state index in [-0.39, 0.29) is 0 Å². The third kappa shape index (κ3) is 2.38. The van der Waals surface area contributed by atoms with E-state index < -0.39 is 0 Å². The van der Waals surface area contributed by atoms with Crippen molar-refractivity contribution in [1.82, 2.24) is 19.1 Å². The van der Waals surface area contributed by atoms with E-state index in [9.17, 15) is 0 Å². The number of hydrogen-bond acceptors (Lipinski definition) is 5. The lowest BCUT2D eigenvalue weighted by atomic mass is 10.2. The van der Waals surface area contributed by atoms with Gasteiger partial charge in [0.2, 0.25) is 0 Å². The van der Waals surface area contributed by atoms with Gasteiger partial charge in [-0.05, 0) is 29.7 Å². The summed E-state index contributed by atoms with van der Waals surface area (Å²) in [5.74, 6) is 0. The molecule has 0 aliphatic carbocycles. The van der Waals surface area contributed by atoms with Crippen molar-refractivity contribution in [3.8, 4) is 5.69 Å². The number of hydrogen-bond donors (Lipinski definition) is 1. The zero-order valence-electron chi connectivity index (χ0n) is 9.52. The molecule has 0 saturated heterocycles. The van der Waals surface area contributed by atoms with Gasteiger partial charge in [-0.25, -0.2) is 4.98 Å². The number of imidazole rings is 1. The van der Waals surface area contributed by atoms with Crippen LogP contribution in [0.4, 0.5) is 5.69 Å². The van der Waals surface area contributed by atoms with E-state index in [0.29, 0.717) is 6.54 Å². The summed E-state index contributed by atoms with van der Waals surface area (Å²) in [6, 6.07) is 8.15. The molecule has 5 nitrogen and oxygen atoms in total. The van der Waals surface area contributed by atoms with Crippen LogP contribution < -0.4 is 5.32 Å². The van der Waals surface area contributed by atoms with E-state index in [4.69, 9.17) is 0 Å². The lowest BCUT2D eigenvalue weighted by molar-refractivity contribution is 0.996. The number of nitrogens with one attached hydrogen (secondary N) is 1. The van der Waals surface area contributed by atoms with Crippen molar-refractivity contribution in [3.63, 3.8) is 0 Å². The van der Waals surface area contributed by atoms with Crippen molar-refractivity contribution in [2.24, 2.45) is 0 Å². The van der Waals surface area contributed by atoms with Crippen LogP contribution in [0, 0.1) is 0 Å². The Balaban J connectivity index is 1.75. The SMILES string of the molecule is c1cc(NCc2csnn2)cc(-n2ccnc2)c1. The Morgan fingerprint density at radius 2 is 2.33 bits per heavy atom. The molecule has 0 radical (unpaired) electrons. The Labute approximate surface area is 108 Å². The van der Waals surface area contributed by atoms with Crippen molar-refractivity contribution in [3.05, 3.63) is 54.1 Å². The van der Waals surface area contributed by atoms with E-state index >= 15 is 0 Å². The van der Waals surface area contributed by atoms with Gasteiger partial charge in [-0.15, -0.1) is 5.10 Å². The van der Waals surface area contributed by atoms with Crippen molar-refractivity contribution >= 4 is 17.2 Å². The minimum Gasteiger partial charge on any atom is -0.379 e. The number of anilines is 1. The van der Waals surface area contributed by atoms with Crippen LogP contribution in [0.3, 0.4) is 0 Å². The molecule has 0 aliphatic rings. The highest BCUT2D eigenvalue weighted by Crippen LogP contribution is 2.15. The van der Waals surface area contributed by atoms with E-state index in [2.05, 4.69) is 26.0 Å². The van der Waals surface area contributed by atoms with Crippen molar-refractivity contribution in [1.29, 1.82) is 0 Å². The quantitative estimate of drug-likeness (QED) is 0.779. The molecule has 2 heterocycles. The number of benzene rings is 1. The Morgan fingerprint density at radius 1 is 1.33 bits per heavy atom. The van der Waals surface area contributed by atoms with E-state index in [1.807, 2.05) is 34.3 Å². The number of aromatic nitrogens is 4. The molecule has 0 saturated carbocycles. The van der Waals surface area contributed by atoms with Crippen LogP contribution in [0.15, 0.2) is 48.4 Å². The van der Waals surface area contributed by atoms with Gasteiger partial charge < -0.3 is 9.88 Å². The molecular formula is C12H11N5S. The van der Waals surface area contributed by atoms with Gasteiger partial charge in [0, 0.05) is 29.1 Å². The molecule has 90 valence electrons. The van der Waals surface area contributed by atoms with Gasteiger partial charge in [-0.2, -0.15) is 0 Å². The van der Waals surface area contributed by atoms with Gasteiger partial charge in [-0.3, -0.25) is 0 Å². The van der Waals surface area contributed by atoms with Gasteiger partial charge >= 0.3 is 0 Å². The molecule has 6 heteroatoms. The standard InChI is InChI=1S/C12H11N5S/c1-2-10(14-7-11-8-18-16-15-11)6-12(3-1)17-5-4-13-9-17/h1-6,8-9,14H,7H2. The molecule has 0 fully saturated rings. The Bertz CT molecular complexity index is 603. The minimum absolute atomic E-state index is 0.684. The zero-order valence-corrected chi connectivity index (χ0v) is 10.3. The smallest absolute Gasteiger partial charge is 0.0991 e. The van der Waals surface area contributed by atoms with Gasteiger partial charge in [0.05, 0.1) is 18.6 Å². The van der Waals surface area contributed by atoms with Crippen LogP contribution in [0.25, 0.3) is 5.69 Å². The molecule has 1 N–H and O–H groups in total. The van der Waals surface area contributed by atoms with E-state index in [1.165, 1.54) is 11.5 Å². The summed E-state index contributed by atoms with van der Waals surface area (Å²) in [6.45, 7) is 0.684. The van der Waals surface area contributed by atoms with Crippen LogP contribution in [-0.2, 0) is 6.54 Å². The van der Waals surface area contributed by atoms with Crippen LogP contribution in [-0.4, -0.2) is 19.1 Å². The molecule has 0 unspecified atom stereocenters. The molecule has 3 aromatic rings. The highest BCUT2D eigenvalue weighted by molar-refractivity contribution is 7.03. The third-order valence-electron chi connectivity index (χ3n) is 2.53. The average molecular weight is 257 g/mol. The molecule has 1 aromatic carbocycles. The summed E-state index contributed by atoms with van der Waals surface area (Å²) in [6.07, 6.45) is 5.47. The predicted molar refractivity (Wildman–Crippen MR) is 70.8 cm³/mol. The largest absolute Gasteiger partial charge is 0.379 e. The van der Waals surface area contributed by atoms with Gasteiger partial charge in [0.15, 0.2) is 0 Å². The topological polar surface area (TPSA) is 55.6 Å². The Morgan fingerprint density at radius 3 is 3.11 bits per heavy atom.